The number of hydrogen-bond donors (Lipinski definition) is 1. The van der Waals surface area contributed by atoms with E-state index in [9.17, 15) is 31.1 Å². The van der Waals surface area contributed by atoms with Gasteiger partial charge in [0.15, 0.2) is 0 Å². The van der Waals surface area contributed by atoms with Crippen LogP contribution in [0, 0.1) is 0 Å². The van der Waals surface area contributed by atoms with Gasteiger partial charge in [0.2, 0.25) is 5.56 Å². The zero-order valence-electron chi connectivity index (χ0n) is 14.3. The molecule has 0 aliphatic carbocycles. The molecule has 0 saturated heterocycles. The van der Waals surface area contributed by atoms with Crippen molar-refractivity contribution in [1.29, 1.82) is 0 Å². The molecule has 148 valence electrons. The van der Waals surface area contributed by atoms with Crippen molar-refractivity contribution in [2.45, 2.75) is 44.8 Å². The molecule has 0 radical (unpaired) electrons. The molecule has 3 rings (SSSR count). The first-order valence-corrected chi connectivity index (χ1v) is 8.19. The fourth-order valence-electron chi connectivity index (χ4n) is 3.35. The average Bonchev–Trinajstić information content (AvgIpc) is 2.53. The van der Waals surface area contributed by atoms with Gasteiger partial charge in [-0.25, -0.2) is 0 Å². The molecule has 27 heavy (non-hydrogen) atoms. The number of ether oxygens (including phenoxy) is 1. The summed E-state index contributed by atoms with van der Waals surface area (Å²) in [6.07, 6.45) is -9.54. The van der Waals surface area contributed by atoms with Crippen molar-refractivity contribution < 1.29 is 31.1 Å². The summed E-state index contributed by atoms with van der Waals surface area (Å²) in [5.74, 6) is 0.00618. The molecule has 0 spiro atoms. The van der Waals surface area contributed by atoms with Gasteiger partial charge < -0.3 is 14.6 Å². The van der Waals surface area contributed by atoms with Crippen LogP contribution in [0.2, 0.25) is 0 Å². The molecule has 0 fully saturated rings. The number of anilines is 1. The van der Waals surface area contributed by atoms with E-state index in [0.717, 1.165) is 17.0 Å². The van der Waals surface area contributed by atoms with Gasteiger partial charge in [0.1, 0.15) is 18.4 Å². The Labute approximate surface area is 149 Å². The molecule has 0 unspecified atom stereocenters. The van der Waals surface area contributed by atoms with E-state index in [-0.39, 0.29) is 17.0 Å². The average molecular weight is 394 g/mol. The normalized spacial score (nSPS) is 20.5. The fraction of sp³-hybridized carbons (Fsp3) is 0.471. The van der Waals surface area contributed by atoms with Gasteiger partial charge in [-0.2, -0.15) is 26.3 Å². The first-order chi connectivity index (χ1) is 12.4. The Hall–Kier alpha value is -2.39. The number of hydrogen-bond acceptors (Lipinski definition) is 3. The Balaban J connectivity index is 2.27. The van der Waals surface area contributed by atoms with E-state index in [4.69, 9.17) is 4.74 Å². The highest BCUT2D eigenvalue weighted by Crippen LogP contribution is 2.43. The molecule has 0 saturated carbocycles. The summed E-state index contributed by atoms with van der Waals surface area (Å²) in [5, 5.41) is -0.390. The molecule has 2 heterocycles. The summed E-state index contributed by atoms with van der Waals surface area (Å²) in [4.78, 5) is 14.9. The van der Waals surface area contributed by atoms with Crippen LogP contribution >= 0.6 is 0 Å². The zero-order valence-corrected chi connectivity index (χ0v) is 14.3. The van der Waals surface area contributed by atoms with E-state index in [0.29, 0.717) is 12.5 Å². The predicted molar refractivity (Wildman–Crippen MR) is 87.1 cm³/mol. The number of alkyl halides is 6. The van der Waals surface area contributed by atoms with Crippen molar-refractivity contribution in [2.75, 3.05) is 11.4 Å². The molecule has 2 aromatic rings. The van der Waals surface area contributed by atoms with E-state index in [1.54, 1.807) is 6.92 Å². The number of H-pyrrole nitrogens is 1. The lowest BCUT2D eigenvalue weighted by Gasteiger charge is -2.42. The minimum atomic E-state index is -4.83. The van der Waals surface area contributed by atoms with Crippen molar-refractivity contribution >= 4 is 16.6 Å². The molecule has 0 amide bonds. The third-order valence-electron chi connectivity index (χ3n) is 4.60. The zero-order chi connectivity index (χ0) is 20.1. The van der Waals surface area contributed by atoms with Crippen LogP contribution in [0.4, 0.5) is 32.0 Å². The maximum absolute atomic E-state index is 13.3. The molecule has 1 aromatic carbocycles. The second-order valence-corrected chi connectivity index (χ2v) is 6.46. The van der Waals surface area contributed by atoms with Gasteiger partial charge in [-0.15, -0.1) is 0 Å². The molecular weight excluding hydrogens is 378 g/mol. The van der Waals surface area contributed by atoms with Gasteiger partial charge in [-0.1, -0.05) is 6.92 Å². The molecule has 1 aliphatic rings. The Morgan fingerprint density at radius 1 is 1.15 bits per heavy atom. The van der Waals surface area contributed by atoms with Crippen molar-refractivity contribution in [1.82, 2.24) is 4.98 Å². The molecule has 0 bridgehead atoms. The van der Waals surface area contributed by atoms with E-state index in [1.807, 2.05) is 0 Å². The predicted octanol–water partition coefficient (Wildman–Crippen LogP) is 4.48. The van der Waals surface area contributed by atoms with Crippen LogP contribution in [0.1, 0.15) is 25.8 Å². The maximum atomic E-state index is 13.3. The Bertz CT molecular complexity index is 918. The topological polar surface area (TPSA) is 45.3 Å². The number of benzene rings is 1. The second-order valence-electron chi connectivity index (χ2n) is 6.46. The number of fused-ring (bicyclic) bond motifs is 2. The van der Waals surface area contributed by atoms with Crippen molar-refractivity contribution in [3.63, 3.8) is 0 Å². The van der Waals surface area contributed by atoms with Crippen LogP contribution in [0.3, 0.4) is 0 Å². The molecule has 2 atom stereocenters. The highest BCUT2D eigenvalue weighted by atomic mass is 19.4. The van der Waals surface area contributed by atoms with Gasteiger partial charge in [0, 0.05) is 17.5 Å². The summed E-state index contributed by atoms with van der Waals surface area (Å²) in [7, 11) is 0. The number of nitrogens with zero attached hydrogens (tertiary/aromatic N) is 1. The van der Waals surface area contributed by atoms with Crippen molar-refractivity contribution in [2.24, 2.45) is 0 Å². The molecule has 1 aromatic heterocycles. The number of pyridine rings is 1. The Kier molecular flexibility index (Phi) is 4.55. The first-order valence-electron chi connectivity index (χ1n) is 8.19. The second kappa shape index (κ2) is 6.35. The standard InChI is InChI=1S/C17H16F6N2O2/c1-3-13-8(2)25(7-16(18,19)20)12-4-9-10(17(21,22)23)5-15(26)24-11(9)6-14(12)27-13/h4-6,8,13H,3,7H2,1-2H3,(H,24,26)/t8-,13+/m0/s1. The van der Waals surface area contributed by atoms with Crippen molar-refractivity contribution in [3.8, 4) is 5.75 Å². The third kappa shape index (κ3) is 3.70. The smallest absolute Gasteiger partial charge is 0.417 e. The van der Waals surface area contributed by atoms with Gasteiger partial charge in [0.05, 0.1) is 22.8 Å². The van der Waals surface area contributed by atoms with E-state index >= 15 is 0 Å². The summed E-state index contributed by atoms with van der Waals surface area (Å²) in [6.45, 7) is 1.95. The van der Waals surface area contributed by atoms with Crippen LogP contribution in [-0.4, -0.2) is 29.9 Å². The minimum Gasteiger partial charge on any atom is -0.486 e. The molecular formula is C17H16F6N2O2. The van der Waals surface area contributed by atoms with Crippen LogP contribution in [-0.2, 0) is 6.18 Å². The van der Waals surface area contributed by atoms with Gasteiger partial charge in [-0.3, -0.25) is 4.79 Å². The summed E-state index contributed by atoms with van der Waals surface area (Å²) < 4.78 is 84.8. The lowest BCUT2D eigenvalue weighted by Crippen LogP contribution is -2.51. The monoisotopic (exact) mass is 394 g/mol. The van der Waals surface area contributed by atoms with Gasteiger partial charge in [-0.05, 0) is 19.4 Å². The Morgan fingerprint density at radius 2 is 1.81 bits per heavy atom. The number of nitrogens with one attached hydrogen (secondary N) is 1. The number of aromatic amines is 1. The number of halogens is 6. The van der Waals surface area contributed by atoms with Crippen LogP contribution < -0.4 is 15.2 Å². The molecule has 4 nitrogen and oxygen atoms in total. The molecule has 1 N–H and O–H groups in total. The highest BCUT2D eigenvalue weighted by molar-refractivity contribution is 5.89. The fourth-order valence-corrected chi connectivity index (χ4v) is 3.35. The van der Waals surface area contributed by atoms with Crippen LogP contribution in [0.5, 0.6) is 5.75 Å². The summed E-state index contributed by atoms with van der Waals surface area (Å²) >= 11 is 0. The maximum Gasteiger partial charge on any atom is 0.417 e. The Morgan fingerprint density at radius 3 is 2.37 bits per heavy atom. The quantitative estimate of drug-likeness (QED) is 0.765. The molecule has 10 heteroatoms. The summed E-state index contributed by atoms with van der Waals surface area (Å²) in [6, 6.07) is 1.85. The molecule has 1 aliphatic heterocycles. The van der Waals surface area contributed by atoms with E-state index in [2.05, 4.69) is 4.98 Å². The minimum absolute atomic E-state index is 0.00618. The first kappa shape index (κ1) is 19.4. The lowest BCUT2D eigenvalue weighted by molar-refractivity contribution is -0.136. The van der Waals surface area contributed by atoms with E-state index < -0.39 is 47.6 Å². The van der Waals surface area contributed by atoms with E-state index in [1.165, 1.54) is 6.92 Å². The van der Waals surface area contributed by atoms with Gasteiger partial charge >= 0.3 is 12.4 Å². The van der Waals surface area contributed by atoms with Crippen LogP contribution in [0.25, 0.3) is 10.9 Å². The van der Waals surface area contributed by atoms with Crippen LogP contribution in [0.15, 0.2) is 23.0 Å². The number of aromatic nitrogens is 1. The highest BCUT2D eigenvalue weighted by Gasteiger charge is 2.40. The van der Waals surface area contributed by atoms with Gasteiger partial charge in [0.25, 0.3) is 0 Å². The lowest BCUT2D eigenvalue weighted by atomic mass is 10.0. The van der Waals surface area contributed by atoms with Crippen molar-refractivity contribution in [3.05, 3.63) is 34.1 Å². The number of rotatable bonds is 2. The SMILES string of the molecule is CC[C@H]1Oc2cc3[nH]c(=O)cc(C(F)(F)F)c3cc2N(CC(F)(F)F)[C@H]1C. The third-order valence-corrected chi connectivity index (χ3v) is 4.60. The summed E-state index contributed by atoms with van der Waals surface area (Å²) in [5.41, 5.74) is -2.40. The largest absolute Gasteiger partial charge is 0.486 e.